The molecule has 0 aromatic carbocycles. The van der Waals surface area contributed by atoms with Gasteiger partial charge in [-0.05, 0) is 33.2 Å². The highest BCUT2D eigenvalue weighted by atomic mass is 16.6. The molecule has 5 heteroatoms. The molecule has 0 saturated heterocycles. The van der Waals surface area contributed by atoms with E-state index in [0.717, 1.165) is 0 Å². The molecule has 0 aliphatic carbocycles. The first-order valence-corrected chi connectivity index (χ1v) is 4.38. The second-order valence-electron chi connectivity index (χ2n) is 4.02. The normalized spacial score (nSPS) is 13.4. The number of carboxylic acid groups (broad SMARTS) is 1. The van der Waals surface area contributed by atoms with Gasteiger partial charge in [-0.1, -0.05) is 0 Å². The molecule has 5 nitrogen and oxygen atoms in total. The number of hydrogen-bond donors (Lipinski definition) is 1. The maximum absolute atomic E-state index is 11.2. The summed E-state index contributed by atoms with van der Waals surface area (Å²) in [6, 6.07) is -1.11. The average Bonchev–Trinajstić information content (AvgIpc) is 1.96. The van der Waals surface area contributed by atoms with Crippen molar-refractivity contribution in [3.63, 3.8) is 0 Å². The van der Waals surface area contributed by atoms with E-state index < -0.39 is 23.6 Å². The first kappa shape index (κ1) is 12.9. The maximum atomic E-state index is 11.2. The summed E-state index contributed by atoms with van der Waals surface area (Å²) in [4.78, 5) is 21.3. The van der Waals surface area contributed by atoms with Gasteiger partial charge in [0.15, 0.2) is 0 Å². The molecule has 1 unspecified atom stereocenters. The van der Waals surface area contributed by atoms with Gasteiger partial charge in [-0.25, -0.2) is 0 Å². The molecule has 0 aromatic rings. The number of rotatable bonds is 4. The lowest BCUT2D eigenvalue weighted by atomic mass is 10.1. The zero-order chi connectivity index (χ0) is 11.4. The van der Waals surface area contributed by atoms with Crippen LogP contribution in [0.25, 0.3) is 5.73 Å². The molecule has 0 amide bonds. The Morgan fingerprint density at radius 3 is 2.29 bits per heavy atom. The highest BCUT2D eigenvalue weighted by Gasteiger charge is 2.18. The molecule has 0 saturated carbocycles. The first-order chi connectivity index (χ1) is 6.22. The van der Waals surface area contributed by atoms with Crippen molar-refractivity contribution >= 4 is 11.9 Å². The standard InChI is InChI=1S/C9H16NO4/c1-9(2,3)14-8(13)6(10)4-5-7(11)12/h6,10H,4-5H2,1-3H3,(H,11,12)/q-1. The van der Waals surface area contributed by atoms with E-state index in [9.17, 15) is 9.59 Å². The summed E-state index contributed by atoms with van der Waals surface area (Å²) in [7, 11) is 0. The van der Waals surface area contributed by atoms with Gasteiger partial charge in [0.1, 0.15) is 5.60 Å². The van der Waals surface area contributed by atoms with Gasteiger partial charge in [-0.2, -0.15) is 0 Å². The van der Waals surface area contributed by atoms with E-state index in [2.05, 4.69) is 0 Å². The Kier molecular flexibility index (Phi) is 4.56. The van der Waals surface area contributed by atoms with Gasteiger partial charge in [0.25, 0.3) is 5.97 Å². The molecular weight excluding hydrogens is 186 g/mol. The smallest absolute Gasteiger partial charge is 0.303 e. The predicted octanol–water partition coefficient (Wildman–Crippen LogP) is 1.61. The zero-order valence-electron chi connectivity index (χ0n) is 8.66. The Bertz CT molecular complexity index is 219. The number of carbonyl (C=O) groups is 2. The number of carbonyl (C=O) groups excluding carboxylic acids is 1. The van der Waals surface area contributed by atoms with E-state index >= 15 is 0 Å². The molecule has 1 atom stereocenters. The van der Waals surface area contributed by atoms with Gasteiger partial charge in [-0.3, -0.25) is 9.59 Å². The largest absolute Gasteiger partial charge is 0.665 e. The summed E-state index contributed by atoms with van der Waals surface area (Å²) in [6.45, 7) is 5.11. The summed E-state index contributed by atoms with van der Waals surface area (Å²) < 4.78 is 4.91. The van der Waals surface area contributed by atoms with Crippen molar-refractivity contribution in [2.75, 3.05) is 0 Å². The fraction of sp³-hybridized carbons (Fsp3) is 0.778. The highest BCUT2D eigenvalue weighted by Crippen LogP contribution is 2.11. The van der Waals surface area contributed by atoms with Gasteiger partial charge >= 0.3 is 5.97 Å². The van der Waals surface area contributed by atoms with Gasteiger partial charge in [0.2, 0.25) is 0 Å². The summed E-state index contributed by atoms with van der Waals surface area (Å²) in [6.07, 6.45) is -0.197. The molecule has 2 N–H and O–H groups in total. The minimum absolute atomic E-state index is 0.00968. The minimum atomic E-state index is -1.11. The molecule has 0 rings (SSSR count). The van der Waals surface area contributed by atoms with Crippen molar-refractivity contribution in [1.29, 1.82) is 0 Å². The number of nitrogens with one attached hydrogen (secondary N) is 1. The van der Waals surface area contributed by atoms with Gasteiger partial charge in [-0.15, -0.1) is 0 Å². The summed E-state index contributed by atoms with van der Waals surface area (Å²) in [5.74, 6) is -1.68. The summed E-state index contributed by atoms with van der Waals surface area (Å²) >= 11 is 0. The van der Waals surface area contributed by atoms with Gasteiger partial charge < -0.3 is 15.6 Å². The van der Waals surface area contributed by atoms with Gasteiger partial charge in [0.05, 0.1) is 0 Å². The second kappa shape index (κ2) is 4.95. The molecule has 0 radical (unpaired) electrons. The third-order valence-corrected chi connectivity index (χ3v) is 1.34. The quantitative estimate of drug-likeness (QED) is 0.701. The highest BCUT2D eigenvalue weighted by molar-refractivity contribution is 5.78. The number of carboxylic acids is 1. The Labute approximate surface area is 83.2 Å². The van der Waals surface area contributed by atoms with Crippen molar-refractivity contribution in [2.24, 2.45) is 0 Å². The van der Waals surface area contributed by atoms with Crippen LogP contribution in [-0.4, -0.2) is 28.7 Å². The van der Waals surface area contributed by atoms with E-state index in [0.29, 0.717) is 0 Å². The van der Waals surface area contributed by atoms with Crippen LogP contribution in [0, 0.1) is 0 Å². The second-order valence-corrected chi connectivity index (χ2v) is 4.02. The molecule has 82 valence electrons. The van der Waals surface area contributed by atoms with Crippen molar-refractivity contribution in [2.45, 2.75) is 45.3 Å². The van der Waals surface area contributed by atoms with Crippen molar-refractivity contribution in [1.82, 2.24) is 0 Å². The molecule has 0 spiro atoms. The van der Waals surface area contributed by atoms with E-state index in [1.165, 1.54) is 0 Å². The Morgan fingerprint density at radius 1 is 1.43 bits per heavy atom. The van der Waals surface area contributed by atoms with Crippen LogP contribution < -0.4 is 0 Å². The molecular formula is C9H16NO4-. The fourth-order valence-electron chi connectivity index (χ4n) is 0.759. The number of hydrogen-bond acceptors (Lipinski definition) is 3. The number of esters is 1. The van der Waals surface area contributed by atoms with Crippen LogP contribution in [0.3, 0.4) is 0 Å². The topological polar surface area (TPSA) is 87.4 Å². The Morgan fingerprint density at radius 2 is 1.93 bits per heavy atom. The van der Waals surface area contributed by atoms with Crippen LogP contribution in [0.4, 0.5) is 0 Å². The van der Waals surface area contributed by atoms with Gasteiger partial charge in [0, 0.05) is 6.42 Å². The molecule has 0 aliphatic heterocycles. The Hall–Kier alpha value is -1.10. The van der Waals surface area contributed by atoms with E-state index in [-0.39, 0.29) is 12.8 Å². The maximum Gasteiger partial charge on any atom is 0.303 e. The fourth-order valence-corrected chi connectivity index (χ4v) is 0.759. The summed E-state index contributed by atoms with van der Waals surface area (Å²) in [5, 5.41) is 8.34. The van der Waals surface area contributed by atoms with Crippen LogP contribution in [0.1, 0.15) is 33.6 Å². The van der Waals surface area contributed by atoms with Crippen LogP contribution >= 0.6 is 0 Å². The van der Waals surface area contributed by atoms with Crippen LogP contribution in [0.2, 0.25) is 0 Å². The SMILES string of the molecule is CC(C)(C)OC(=O)C([NH-])CCC(=O)O. The van der Waals surface area contributed by atoms with Crippen molar-refractivity contribution in [3.8, 4) is 0 Å². The molecule has 0 heterocycles. The predicted molar refractivity (Wildman–Crippen MR) is 50.8 cm³/mol. The lowest BCUT2D eigenvalue weighted by Gasteiger charge is -2.25. The van der Waals surface area contributed by atoms with Crippen LogP contribution in [-0.2, 0) is 14.3 Å². The third-order valence-electron chi connectivity index (χ3n) is 1.34. The minimum Gasteiger partial charge on any atom is -0.665 e. The lowest BCUT2D eigenvalue weighted by Crippen LogP contribution is -2.30. The molecule has 0 bridgehead atoms. The van der Waals surface area contributed by atoms with Crippen molar-refractivity contribution in [3.05, 3.63) is 5.73 Å². The third kappa shape index (κ3) is 6.42. The first-order valence-electron chi connectivity index (χ1n) is 4.38. The Balaban J connectivity index is 3.94. The zero-order valence-corrected chi connectivity index (χ0v) is 8.66. The number of aliphatic carboxylic acids is 1. The van der Waals surface area contributed by atoms with Crippen LogP contribution in [0.15, 0.2) is 0 Å². The van der Waals surface area contributed by atoms with E-state index in [1.807, 2.05) is 0 Å². The monoisotopic (exact) mass is 202 g/mol. The molecule has 0 fully saturated rings. The van der Waals surface area contributed by atoms with E-state index in [4.69, 9.17) is 15.6 Å². The van der Waals surface area contributed by atoms with E-state index in [1.54, 1.807) is 20.8 Å². The van der Waals surface area contributed by atoms with Crippen LogP contribution in [0.5, 0.6) is 0 Å². The molecule has 0 aromatic heterocycles. The molecule has 0 aliphatic rings. The average molecular weight is 202 g/mol. The number of ether oxygens (including phenoxy) is 1. The lowest BCUT2D eigenvalue weighted by molar-refractivity contribution is -0.155. The molecule has 14 heavy (non-hydrogen) atoms. The van der Waals surface area contributed by atoms with Crippen molar-refractivity contribution < 1.29 is 19.4 Å². The summed E-state index contributed by atoms with van der Waals surface area (Å²) in [5.41, 5.74) is 6.69.